The van der Waals surface area contributed by atoms with Crippen molar-refractivity contribution in [1.29, 1.82) is 0 Å². The number of ketones is 1. The van der Waals surface area contributed by atoms with Gasteiger partial charge in [-0.3, -0.25) is 4.79 Å². The van der Waals surface area contributed by atoms with Crippen molar-refractivity contribution < 1.29 is 9.32 Å². The Balaban J connectivity index is 1.77. The Labute approximate surface area is 137 Å². The first-order valence-corrected chi connectivity index (χ1v) is 8.02. The summed E-state index contributed by atoms with van der Waals surface area (Å²) >= 11 is 7.48. The molecule has 110 valence electrons. The number of nitrogens with zero attached hydrogens (tertiary/aromatic N) is 1. The molecule has 3 rings (SSSR count). The van der Waals surface area contributed by atoms with Crippen LogP contribution >= 0.6 is 23.4 Å². The van der Waals surface area contributed by atoms with Crippen LogP contribution in [0.4, 0.5) is 0 Å². The maximum Gasteiger partial charge on any atom is 0.215 e. The molecule has 0 atom stereocenters. The van der Waals surface area contributed by atoms with E-state index < -0.39 is 0 Å². The number of halogens is 1. The van der Waals surface area contributed by atoms with Crippen molar-refractivity contribution in [2.75, 3.05) is 0 Å². The van der Waals surface area contributed by atoms with Crippen molar-refractivity contribution in [1.82, 2.24) is 5.16 Å². The molecule has 5 heteroatoms. The van der Waals surface area contributed by atoms with Gasteiger partial charge in [-0.05, 0) is 36.4 Å². The summed E-state index contributed by atoms with van der Waals surface area (Å²) in [6.45, 7) is 0. The van der Waals surface area contributed by atoms with Crippen molar-refractivity contribution in [2.24, 2.45) is 0 Å². The maximum absolute atomic E-state index is 12.5. The van der Waals surface area contributed by atoms with Gasteiger partial charge in [0, 0.05) is 26.8 Å². The van der Waals surface area contributed by atoms with E-state index in [1.54, 1.807) is 36.0 Å². The molecular formula is C17H12ClNO2S. The minimum absolute atomic E-state index is 0.158. The van der Waals surface area contributed by atoms with Gasteiger partial charge < -0.3 is 4.52 Å². The highest BCUT2D eigenvalue weighted by atomic mass is 35.5. The number of rotatable bonds is 5. The molecule has 0 fully saturated rings. The average molecular weight is 330 g/mol. The minimum atomic E-state index is -0.158. The lowest BCUT2D eigenvalue weighted by Gasteiger charge is -2.02. The maximum atomic E-state index is 12.5. The van der Waals surface area contributed by atoms with Gasteiger partial charge in [0.2, 0.25) is 5.78 Å². The van der Waals surface area contributed by atoms with E-state index in [2.05, 4.69) is 5.16 Å². The summed E-state index contributed by atoms with van der Waals surface area (Å²) in [6.07, 6.45) is 1.53. The first kappa shape index (κ1) is 14.9. The normalized spacial score (nSPS) is 10.6. The molecule has 0 saturated carbocycles. The standard InChI is InChI=1S/C17H12ClNO2S/c18-14-8-6-12(7-9-14)17(20)16-13(10-21-19-16)11-22-15-4-2-1-3-5-15/h1-10H,11H2. The van der Waals surface area contributed by atoms with E-state index in [0.717, 1.165) is 10.5 Å². The average Bonchev–Trinajstić information content (AvgIpc) is 3.02. The zero-order chi connectivity index (χ0) is 15.4. The SMILES string of the molecule is O=C(c1ccc(Cl)cc1)c1nocc1CSc1ccccc1. The number of thioether (sulfide) groups is 1. The van der Waals surface area contributed by atoms with Crippen LogP contribution in [-0.2, 0) is 5.75 Å². The van der Waals surface area contributed by atoms with Gasteiger partial charge in [0.1, 0.15) is 6.26 Å². The Morgan fingerprint density at radius 3 is 2.55 bits per heavy atom. The van der Waals surface area contributed by atoms with Crippen LogP contribution in [0.15, 0.2) is 70.3 Å². The Morgan fingerprint density at radius 2 is 1.82 bits per heavy atom. The van der Waals surface area contributed by atoms with Crippen LogP contribution in [0.5, 0.6) is 0 Å². The monoisotopic (exact) mass is 329 g/mol. The number of aromatic nitrogens is 1. The van der Waals surface area contributed by atoms with E-state index in [1.807, 2.05) is 30.3 Å². The van der Waals surface area contributed by atoms with E-state index in [9.17, 15) is 4.79 Å². The van der Waals surface area contributed by atoms with Gasteiger partial charge in [0.05, 0.1) is 0 Å². The summed E-state index contributed by atoms with van der Waals surface area (Å²) < 4.78 is 4.99. The van der Waals surface area contributed by atoms with Crippen LogP contribution in [0.2, 0.25) is 5.02 Å². The lowest BCUT2D eigenvalue weighted by molar-refractivity contribution is 0.103. The molecule has 22 heavy (non-hydrogen) atoms. The Kier molecular flexibility index (Phi) is 4.61. The molecule has 0 aliphatic heterocycles. The highest BCUT2D eigenvalue weighted by Crippen LogP contribution is 2.25. The molecule has 3 nitrogen and oxygen atoms in total. The summed E-state index contributed by atoms with van der Waals surface area (Å²) in [5.74, 6) is 0.469. The first-order chi connectivity index (χ1) is 10.7. The van der Waals surface area contributed by atoms with Crippen LogP contribution in [0.25, 0.3) is 0 Å². The first-order valence-electron chi connectivity index (χ1n) is 6.65. The molecule has 0 unspecified atom stereocenters. The van der Waals surface area contributed by atoms with Crippen LogP contribution < -0.4 is 0 Å². The van der Waals surface area contributed by atoms with E-state index in [-0.39, 0.29) is 5.78 Å². The van der Waals surface area contributed by atoms with Crippen molar-refractivity contribution in [3.05, 3.63) is 82.7 Å². The summed E-state index contributed by atoms with van der Waals surface area (Å²) in [5, 5.41) is 4.45. The van der Waals surface area contributed by atoms with Gasteiger partial charge in [-0.15, -0.1) is 11.8 Å². The topological polar surface area (TPSA) is 43.1 Å². The van der Waals surface area contributed by atoms with E-state index in [4.69, 9.17) is 16.1 Å². The number of benzene rings is 2. The Bertz CT molecular complexity index is 769. The molecule has 0 N–H and O–H groups in total. The molecule has 1 aromatic heterocycles. The summed E-state index contributed by atoms with van der Waals surface area (Å²) in [7, 11) is 0. The molecule has 2 aromatic carbocycles. The van der Waals surface area contributed by atoms with Crippen LogP contribution in [0.1, 0.15) is 21.6 Å². The number of hydrogen-bond acceptors (Lipinski definition) is 4. The molecule has 0 aliphatic carbocycles. The predicted octanol–water partition coefficient (Wildman–Crippen LogP) is 4.85. The summed E-state index contributed by atoms with van der Waals surface area (Å²) in [6, 6.07) is 16.7. The third-order valence-electron chi connectivity index (χ3n) is 3.10. The molecule has 3 aromatic rings. The molecule has 0 amide bonds. The van der Waals surface area contributed by atoms with Gasteiger partial charge in [-0.2, -0.15) is 0 Å². The smallest absolute Gasteiger partial charge is 0.215 e. The second-order valence-corrected chi connectivity index (χ2v) is 6.11. The lowest BCUT2D eigenvalue weighted by Crippen LogP contribution is -2.04. The number of hydrogen-bond donors (Lipinski definition) is 0. The Hall–Kier alpha value is -2.04. The molecule has 0 saturated heterocycles. The number of carbonyl (C=O) groups excluding carboxylic acids is 1. The molecule has 0 aliphatic rings. The molecule has 0 bridgehead atoms. The minimum Gasteiger partial charge on any atom is -0.364 e. The van der Waals surface area contributed by atoms with Gasteiger partial charge in [0.25, 0.3) is 0 Å². The summed E-state index contributed by atoms with van der Waals surface area (Å²) in [4.78, 5) is 13.6. The van der Waals surface area contributed by atoms with Crippen molar-refractivity contribution >= 4 is 29.1 Å². The number of carbonyl (C=O) groups is 1. The zero-order valence-electron chi connectivity index (χ0n) is 11.5. The second kappa shape index (κ2) is 6.81. The fraction of sp³-hybridized carbons (Fsp3) is 0.0588. The highest BCUT2D eigenvalue weighted by molar-refractivity contribution is 7.98. The largest absolute Gasteiger partial charge is 0.364 e. The van der Waals surface area contributed by atoms with Crippen molar-refractivity contribution in [2.45, 2.75) is 10.6 Å². The van der Waals surface area contributed by atoms with E-state index in [1.165, 1.54) is 6.26 Å². The van der Waals surface area contributed by atoms with E-state index >= 15 is 0 Å². The third-order valence-corrected chi connectivity index (χ3v) is 4.41. The van der Waals surface area contributed by atoms with Gasteiger partial charge in [-0.25, -0.2) is 0 Å². The zero-order valence-corrected chi connectivity index (χ0v) is 13.1. The fourth-order valence-electron chi connectivity index (χ4n) is 1.96. The molecule has 0 spiro atoms. The van der Waals surface area contributed by atoms with Crippen molar-refractivity contribution in [3.8, 4) is 0 Å². The molecular weight excluding hydrogens is 318 g/mol. The van der Waals surface area contributed by atoms with Gasteiger partial charge >= 0.3 is 0 Å². The third kappa shape index (κ3) is 3.40. The highest BCUT2D eigenvalue weighted by Gasteiger charge is 2.18. The van der Waals surface area contributed by atoms with Gasteiger partial charge in [0.15, 0.2) is 5.69 Å². The summed E-state index contributed by atoms with van der Waals surface area (Å²) in [5.41, 5.74) is 1.68. The van der Waals surface area contributed by atoms with Crippen LogP contribution in [0, 0.1) is 0 Å². The predicted molar refractivity (Wildman–Crippen MR) is 87.4 cm³/mol. The lowest BCUT2D eigenvalue weighted by atomic mass is 10.1. The Morgan fingerprint density at radius 1 is 1.09 bits per heavy atom. The van der Waals surface area contributed by atoms with E-state index in [0.29, 0.717) is 22.0 Å². The quantitative estimate of drug-likeness (QED) is 0.495. The van der Waals surface area contributed by atoms with Gasteiger partial charge in [-0.1, -0.05) is 35.0 Å². The molecule has 0 radical (unpaired) electrons. The van der Waals surface area contributed by atoms with Crippen LogP contribution in [-0.4, -0.2) is 10.9 Å². The van der Waals surface area contributed by atoms with Crippen molar-refractivity contribution in [3.63, 3.8) is 0 Å². The molecule has 1 heterocycles. The van der Waals surface area contributed by atoms with Crippen LogP contribution in [0.3, 0.4) is 0 Å². The fourth-order valence-corrected chi connectivity index (χ4v) is 2.97. The second-order valence-electron chi connectivity index (χ2n) is 4.63.